The first kappa shape index (κ1) is 22.1. The first-order chi connectivity index (χ1) is 14.3. The predicted octanol–water partition coefficient (Wildman–Crippen LogP) is 5.09. The number of rotatable bonds is 8. The second-order valence-electron chi connectivity index (χ2n) is 7.52. The number of benzene rings is 2. The van der Waals surface area contributed by atoms with Gasteiger partial charge in [0.25, 0.3) is 15.9 Å². The Kier molecular flexibility index (Phi) is 6.95. The number of sulfonamides is 1. The van der Waals surface area contributed by atoms with Crippen LogP contribution >= 0.6 is 11.3 Å². The van der Waals surface area contributed by atoms with E-state index in [1.54, 1.807) is 41.8 Å². The minimum atomic E-state index is -3.60. The molecule has 0 saturated heterocycles. The van der Waals surface area contributed by atoms with Crippen molar-refractivity contribution in [1.29, 1.82) is 0 Å². The number of nitrogens with zero attached hydrogens (tertiary/aromatic N) is 1. The molecule has 2 aromatic carbocycles. The van der Waals surface area contributed by atoms with E-state index in [4.69, 9.17) is 0 Å². The monoisotopic (exact) mass is 442 g/mol. The van der Waals surface area contributed by atoms with E-state index in [0.717, 1.165) is 12.0 Å². The normalized spacial score (nSPS) is 12.5. The molecule has 0 fully saturated rings. The predicted molar refractivity (Wildman–Crippen MR) is 122 cm³/mol. The van der Waals surface area contributed by atoms with Crippen LogP contribution in [-0.4, -0.2) is 21.4 Å². The lowest BCUT2D eigenvalue weighted by atomic mass is 9.96. The van der Waals surface area contributed by atoms with Crippen molar-refractivity contribution >= 4 is 33.0 Å². The van der Waals surface area contributed by atoms with Crippen molar-refractivity contribution in [2.45, 2.75) is 30.5 Å². The van der Waals surface area contributed by atoms with Crippen molar-refractivity contribution in [2.75, 3.05) is 11.4 Å². The maximum atomic E-state index is 12.8. The molecule has 0 aliphatic carbocycles. The molecule has 0 bridgehead atoms. The van der Waals surface area contributed by atoms with Crippen LogP contribution in [-0.2, 0) is 10.0 Å². The number of thiophene rings is 1. The number of carbonyl (C=O) groups excluding carboxylic acids is 1. The summed E-state index contributed by atoms with van der Waals surface area (Å²) in [6, 6.07) is 19.7. The lowest BCUT2D eigenvalue weighted by Gasteiger charge is -2.22. The summed E-state index contributed by atoms with van der Waals surface area (Å²) >= 11 is 1.18. The molecule has 3 rings (SSSR count). The Bertz CT molecular complexity index is 1060. The zero-order chi connectivity index (χ0) is 21.7. The zero-order valence-corrected chi connectivity index (χ0v) is 18.9. The molecule has 1 heterocycles. The average molecular weight is 443 g/mol. The Hall–Kier alpha value is -2.64. The highest BCUT2D eigenvalue weighted by Gasteiger charge is 2.23. The summed E-state index contributed by atoms with van der Waals surface area (Å²) in [5.41, 5.74) is 2.06. The minimum Gasteiger partial charge on any atom is -0.345 e. The Balaban J connectivity index is 1.76. The molecule has 158 valence electrons. The van der Waals surface area contributed by atoms with Gasteiger partial charge in [0.1, 0.15) is 4.21 Å². The molecule has 0 saturated carbocycles. The molecule has 1 N–H and O–H groups in total. The van der Waals surface area contributed by atoms with E-state index < -0.39 is 10.0 Å². The topological polar surface area (TPSA) is 66.5 Å². The smallest absolute Gasteiger partial charge is 0.273 e. The van der Waals surface area contributed by atoms with Gasteiger partial charge in [-0.2, -0.15) is 0 Å². The van der Waals surface area contributed by atoms with Gasteiger partial charge in [0.2, 0.25) is 0 Å². The van der Waals surface area contributed by atoms with Gasteiger partial charge in [-0.05, 0) is 53.6 Å². The number of hydrogen-bond donors (Lipinski definition) is 1. The molecule has 0 aliphatic heterocycles. The third kappa shape index (κ3) is 5.09. The molecule has 0 spiro atoms. The fourth-order valence-corrected chi connectivity index (χ4v) is 5.54. The molecule has 1 amide bonds. The summed E-state index contributed by atoms with van der Waals surface area (Å²) in [4.78, 5) is 12.8. The van der Waals surface area contributed by atoms with Gasteiger partial charge in [-0.3, -0.25) is 9.10 Å². The Morgan fingerprint density at radius 3 is 2.23 bits per heavy atom. The van der Waals surface area contributed by atoms with Crippen molar-refractivity contribution in [2.24, 2.45) is 5.92 Å². The van der Waals surface area contributed by atoms with Crippen LogP contribution in [0.5, 0.6) is 0 Å². The molecule has 5 nitrogen and oxygen atoms in total. The summed E-state index contributed by atoms with van der Waals surface area (Å²) in [7, 11) is -2.09. The Morgan fingerprint density at radius 1 is 1.00 bits per heavy atom. The molecule has 0 unspecified atom stereocenters. The molecular weight excluding hydrogens is 416 g/mol. The summed E-state index contributed by atoms with van der Waals surface area (Å²) in [5, 5.41) is 4.84. The lowest BCUT2D eigenvalue weighted by Crippen LogP contribution is -2.29. The first-order valence-corrected chi connectivity index (χ1v) is 12.1. The fourth-order valence-electron chi connectivity index (χ4n) is 3.18. The van der Waals surface area contributed by atoms with E-state index >= 15 is 0 Å². The van der Waals surface area contributed by atoms with Gasteiger partial charge < -0.3 is 5.32 Å². The summed E-state index contributed by atoms with van der Waals surface area (Å²) < 4.78 is 26.9. The van der Waals surface area contributed by atoms with Gasteiger partial charge >= 0.3 is 0 Å². The van der Waals surface area contributed by atoms with Gasteiger partial charge in [0, 0.05) is 12.6 Å². The quantitative estimate of drug-likeness (QED) is 0.528. The van der Waals surface area contributed by atoms with Gasteiger partial charge in [-0.15, -0.1) is 11.3 Å². The second-order valence-corrected chi connectivity index (χ2v) is 10.7. The van der Waals surface area contributed by atoms with E-state index in [9.17, 15) is 13.2 Å². The highest BCUT2D eigenvalue weighted by Crippen LogP contribution is 2.26. The van der Waals surface area contributed by atoms with Crippen LogP contribution in [0.25, 0.3) is 0 Å². The van der Waals surface area contributed by atoms with E-state index in [0.29, 0.717) is 17.2 Å². The van der Waals surface area contributed by atoms with E-state index in [2.05, 4.69) is 19.2 Å². The summed E-state index contributed by atoms with van der Waals surface area (Å²) in [5.74, 6) is 0.244. The third-order valence-corrected chi connectivity index (χ3v) is 7.98. The van der Waals surface area contributed by atoms with Crippen molar-refractivity contribution in [3.63, 3.8) is 0 Å². The van der Waals surface area contributed by atoms with Crippen LogP contribution in [0.3, 0.4) is 0 Å². The van der Waals surface area contributed by atoms with Crippen LogP contribution in [0.4, 0.5) is 5.69 Å². The molecule has 0 radical (unpaired) electrons. The van der Waals surface area contributed by atoms with E-state index in [1.807, 2.05) is 30.3 Å². The molecule has 7 heteroatoms. The lowest BCUT2D eigenvalue weighted by molar-refractivity contribution is 0.0932. The van der Waals surface area contributed by atoms with E-state index in [1.165, 1.54) is 22.7 Å². The molecule has 30 heavy (non-hydrogen) atoms. The number of amides is 1. The highest BCUT2D eigenvalue weighted by molar-refractivity contribution is 7.94. The van der Waals surface area contributed by atoms with Crippen molar-refractivity contribution in [1.82, 2.24) is 5.32 Å². The Labute approximate surface area is 182 Å². The molecule has 0 aliphatic rings. The maximum Gasteiger partial charge on any atom is 0.273 e. The largest absolute Gasteiger partial charge is 0.345 e. The SMILES string of the molecule is CC(C)C[C@@H](NC(=O)c1ccc(N(C)S(=O)(=O)c2cccs2)cc1)c1ccccc1. The van der Waals surface area contributed by atoms with Crippen LogP contribution in [0.2, 0.25) is 0 Å². The molecule has 1 atom stereocenters. The summed E-state index contributed by atoms with van der Waals surface area (Å²) in [6.45, 7) is 4.25. The zero-order valence-electron chi connectivity index (χ0n) is 17.3. The van der Waals surface area contributed by atoms with Gasteiger partial charge in [-0.25, -0.2) is 8.42 Å². The summed E-state index contributed by atoms with van der Waals surface area (Å²) in [6.07, 6.45) is 0.829. The van der Waals surface area contributed by atoms with Gasteiger partial charge in [0.05, 0.1) is 11.7 Å². The molecule has 1 aromatic heterocycles. The Morgan fingerprint density at radius 2 is 1.67 bits per heavy atom. The maximum absolute atomic E-state index is 12.8. The first-order valence-electron chi connectivity index (χ1n) is 9.77. The second kappa shape index (κ2) is 9.45. The number of nitrogens with one attached hydrogen (secondary N) is 1. The highest BCUT2D eigenvalue weighted by atomic mass is 32.2. The van der Waals surface area contributed by atoms with Gasteiger partial charge in [0.15, 0.2) is 0 Å². The van der Waals surface area contributed by atoms with Crippen molar-refractivity contribution in [3.05, 3.63) is 83.2 Å². The van der Waals surface area contributed by atoms with Crippen LogP contribution in [0, 0.1) is 5.92 Å². The number of carbonyl (C=O) groups is 1. The van der Waals surface area contributed by atoms with Crippen LogP contribution in [0.15, 0.2) is 76.3 Å². The average Bonchev–Trinajstić information content (AvgIpc) is 3.29. The van der Waals surface area contributed by atoms with E-state index in [-0.39, 0.29) is 16.2 Å². The van der Waals surface area contributed by atoms with Crippen molar-refractivity contribution in [3.8, 4) is 0 Å². The molecular formula is C23H26N2O3S2. The van der Waals surface area contributed by atoms with Crippen molar-refractivity contribution < 1.29 is 13.2 Å². The number of anilines is 1. The number of hydrogen-bond acceptors (Lipinski definition) is 4. The van der Waals surface area contributed by atoms with Crippen LogP contribution < -0.4 is 9.62 Å². The standard InChI is InChI=1S/C23H26N2O3S2/c1-17(2)16-21(18-8-5-4-6-9-18)24-23(26)19-11-13-20(14-12-19)25(3)30(27,28)22-10-7-15-29-22/h4-15,17,21H,16H2,1-3H3,(H,24,26)/t21-/m1/s1. The molecule has 3 aromatic rings. The third-order valence-electron chi connectivity index (χ3n) is 4.82. The van der Waals surface area contributed by atoms with Gasteiger partial charge in [-0.1, -0.05) is 50.2 Å². The minimum absolute atomic E-state index is 0.0831. The fraction of sp³-hybridized carbons (Fsp3) is 0.261. The van der Waals surface area contributed by atoms with Crippen LogP contribution in [0.1, 0.15) is 42.2 Å².